The van der Waals surface area contributed by atoms with Gasteiger partial charge in [-0.15, -0.1) is 0 Å². The molecule has 1 unspecified atom stereocenters. The summed E-state index contributed by atoms with van der Waals surface area (Å²) in [7, 11) is 3.50. The van der Waals surface area contributed by atoms with Gasteiger partial charge in [0.2, 0.25) is 0 Å². The van der Waals surface area contributed by atoms with Crippen LogP contribution in [0.2, 0.25) is 0 Å². The molecule has 1 aromatic heterocycles. The summed E-state index contributed by atoms with van der Waals surface area (Å²) < 4.78 is 6.87. The van der Waals surface area contributed by atoms with Crippen molar-refractivity contribution < 1.29 is 9.84 Å². The Morgan fingerprint density at radius 1 is 1.56 bits per heavy atom. The van der Waals surface area contributed by atoms with Crippen LogP contribution in [0.25, 0.3) is 0 Å². The number of nitrogens with zero attached hydrogens (tertiary/aromatic N) is 2. The normalized spacial score (nSPS) is 12.7. The van der Waals surface area contributed by atoms with Crippen molar-refractivity contribution in [3.63, 3.8) is 0 Å². The van der Waals surface area contributed by atoms with Crippen LogP contribution in [-0.4, -0.2) is 41.3 Å². The number of hydrogen-bond donors (Lipinski definition) is 3. The summed E-state index contributed by atoms with van der Waals surface area (Å²) in [5.41, 5.74) is 7.69. The number of nitrogens with two attached hydrogens (primary N) is 1. The third-order valence-electron chi connectivity index (χ3n) is 2.83. The molecule has 0 aliphatic carbocycles. The lowest BCUT2D eigenvalue weighted by atomic mass is 10.2. The zero-order valence-electron chi connectivity index (χ0n) is 11.4. The van der Waals surface area contributed by atoms with Crippen LogP contribution < -0.4 is 11.1 Å². The van der Waals surface area contributed by atoms with Crippen LogP contribution in [0.5, 0.6) is 0 Å². The maximum atomic E-state index is 9.02. The van der Waals surface area contributed by atoms with E-state index in [1.54, 1.807) is 11.8 Å². The van der Waals surface area contributed by atoms with E-state index in [1.807, 2.05) is 7.05 Å². The minimum atomic E-state index is 0.0344. The van der Waals surface area contributed by atoms with Crippen LogP contribution in [0.3, 0.4) is 0 Å². The first kappa shape index (κ1) is 14.8. The van der Waals surface area contributed by atoms with Gasteiger partial charge in [-0.25, -0.2) is 0 Å². The number of ether oxygens (including phenoxy) is 1. The quantitative estimate of drug-likeness (QED) is 0.639. The highest BCUT2D eigenvalue weighted by Crippen LogP contribution is 2.24. The number of nitrogen functional groups attached to an aromatic ring is 1. The van der Waals surface area contributed by atoms with Gasteiger partial charge in [0.15, 0.2) is 0 Å². The summed E-state index contributed by atoms with van der Waals surface area (Å²) in [6.07, 6.45) is 2.50. The highest BCUT2D eigenvalue weighted by atomic mass is 16.5. The number of rotatable bonds is 8. The highest BCUT2D eigenvalue weighted by Gasteiger charge is 2.16. The number of aromatic nitrogens is 2. The van der Waals surface area contributed by atoms with E-state index in [1.165, 1.54) is 0 Å². The van der Waals surface area contributed by atoms with Crippen molar-refractivity contribution in [2.24, 2.45) is 7.05 Å². The molecule has 104 valence electrons. The van der Waals surface area contributed by atoms with E-state index >= 15 is 0 Å². The van der Waals surface area contributed by atoms with Crippen molar-refractivity contribution in [2.45, 2.75) is 32.2 Å². The van der Waals surface area contributed by atoms with Gasteiger partial charge in [-0.05, 0) is 12.8 Å². The number of aryl methyl sites for hydroxylation is 2. The molecule has 0 bridgehead atoms. The monoisotopic (exact) mass is 256 g/mol. The topological polar surface area (TPSA) is 85.3 Å². The van der Waals surface area contributed by atoms with Crippen molar-refractivity contribution in [1.29, 1.82) is 0 Å². The first-order valence-electron chi connectivity index (χ1n) is 6.31. The zero-order valence-corrected chi connectivity index (χ0v) is 11.4. The molecule has 18 heavy (non-hydrogen) atoms. The fourth-order valence-electron chi connectivity index (χ4n) is 1.94. The second kappa shape index (κ2) is 7.23. The van der Waals surface area contributed by atoms with Gasteiger partial charge < -0.3 is 20.9 Å². The molecule has 0 amide bonds. The van der Waals surface area contributed by atoms with Gasteiger partial charge in [-0.2, -0.15) is 5.10 Å². The zero-order chi connectivity index (χ0) is 13.5. The third-order valence-corrected chi connectivity index (χ3v) is 2.83. The van der Waals surface area contributed by atoms with Gasteiger partial charge in [-0.1, -0.05) is 13.3 Å². The van der Waals surface area contributed by atoms with Gasteiger partial charge in [0.25, 0.3) is 0 Å². The van der Waals surface area contributed by atoms with Gasteiger partial charge in [0, 0.05) is 20.8 Å². The van der Waals surface area contributed by atoms with Crippen molar-refractivity contribution in [3.05, 3.63) is 5.69 Å². The van der Waals surface area contributed by atoms with Crippen molar-refractivity contribution in [2.75, 3.05) is 31.4 Å². The Morgan fingerprint density at radius 2 is 2.28 bits per heavy atom. The number of aliphatic hydroxyl groups excluding tert-OH is 1. The largest absolute Gasteiger partial charge is 0.396 e. The number of anilines is 2. The molecule has 1 atom stereocenters. The minimum Gasteiger partial charge on any atom is -0.396 e. The molecule has 0 saturated heterocycles. The van der Waals surface area contributed by atoms with Crippen LogP contribution in [0, 0.1) is 0 Å². The van der Waals surface area contributed by atoms with E-state index < -0.39 is 0 Å². The number of hydrogen-bond acceptors (Lipinski definition) is 5. The first-order chi connectivity index (χ1) is 8.63. The highest BCUT2D eigenvalue weighted by molar-refractivity contribution is 5.65. The third kappa shape index (κ3) is 3.61. The van der Waals surface area contributed by atoms with Crippen molar-refractivity contribution >= 4 is 11.5 Å². The van der Waals surface area contributed by atoms with Gasteiger partial charge >= 0.3 is 0 Å². The molecule has 1 heterocycles. The molecule has 1 aromatic rings. The maximum absolute atomic E-state index is 9.02. The van der Waals surface area contributed by atoms with E-state index in [9.17, 15) is 0 Å². The lowest BCUT2D eigenvalue weighted by molar-refractivity contribution is 0.170. The molecule has 0 aliphatic rings. The van der Waals surface area contributed by atoms with Gasteiger partial charge in [0.05, 0.1) is 24.0 Å². The van der Waals surface area contributed by atoms with Gasteiger partial charge in [-0.3, -0.25) is 4.68 Å². The number of nitrogens with one attached hydrogen (secondary N) is 1. The molecule has 0 saturated carbocycles. The Bertz CT molecular complexity index is 359. The Morgan fingerprint density at radius 3 is 2.83 bits per heavy atom. The summed E-state index contributed by atoms with van der Waals surface area (Å²) in [6, 6.07) is 0.0344. The molecule has 1 rings (SSSR count). The first-order valence-corrected chi connectivity index (χ1v) is 6.31. The molecule has 0 aromatic carbocycles. The second-order valence-corrected chi connectivity index (χ2v) is 4.39. The van der Waals surface area contributed by atoms with E-state index in [0.29, 0.717) is 18.7 Å². The Hall–Kier alpha value is -1.27. The molecule has 6 heteroatoms. The average Bonchev–Trinajstić information content (AvgIpc) is 2.58. The standard InChI is InChI=1S/C12H24N4O2/c1-4-5-10-11(13)12(16(2)15-10)14-9(6-7-17)8-18-3/h9,14,17H,4-8,13H2,1-3H3. The van der Waals surface area contributed by atoms with E-state index in [2.05, 4.69) is 17.3 Å². The Labute approximate surface area is 108 Å². The SMILES string of the molecule is CCCc1nn(C)c(NC(CCO)COC)c1N. The molecule has 0 aliphatic heterocycles. The lowest BCUT2D eigenvalue weighted by Gasteiger charge is -2.18. The predicted molar refractivity (Wildman–Crippen MR) is 72.6 cm³/mol. The number of aliphatic hydroxyl groups is 1. The van der Waals surface area contributed by atoms with Crippen LogP contribution in [0.15, 0.2) is 0 Å². The predicted octanol–water partition coefficient (Wildman–Crippen LogP) is 0.764. The summed E-state index contributed by atoms with van der Waals surface area (Å²) in [6.45, 7) is 2.73. The molecule has 0 radical (unpaired) electrons. The summed E-state index contributed by atoms with van der Waals surface area (Å²) in [5, 5.41) is 16.7. The van der Waals surface area contributed by atoms with Crippen LogP contribution >= 0.6 is 0 Å². The summed E-state index contributed by atoms with van der Waals surface area (Å²) in [4.78, 5) is 0. The lowest BCUT2D eigenvalue weighted by Crippen LogP contribution is -2.27. The molecule has 0 spiro atoms. The molecular formula is C12H24N4O2. The molecule has 0 fully saturated rings. The smallest absolute Gasteiger partial charge is 0.148 e. The van der Waals surface area contributed by atoms with Crippen molar-refractivity contribution in [1.82, 2.24) is 9.78 Å². The maximum Gasteiger partial charge on any atom is 0.148 e. The van der Waals surface area contributed by atoms with Crippen LogP contribution in [0.1, 0.15) is 25.5 Å². The van der Waals surface area contributed by atoms with Crippen LogP contribution in [0.4, 0.5) is 11.5 Å². The summed E-state index contributed by atoms with van der Waals surface area (Å²) >= 11 is 0. The van der Waals surface area contributed by atoms with E-state index in [4.69, 9.17) is 15.6 Å². The fraction of sp³-hybridized carbons (Fsp3) is 0.750. The average molecular weight is 256 g/mol. The van der Waals surface area contributed by atoms with E-state index in [-0.39, 0.29) is 12.6 Å². The van der Waals surface area contributed by atoms with Gasteiger partial charge in [0.1, 0.15) is 5.82 Å². The summed E-state index contributed by atoms with van der Waals surface area (Å²) in [5.74, 6) is 0.800. The number of methoxy groups -OCH3 is 1. The molecular weight excluding hydrogens is 232 g/mol. The molecule has 4 N–H and O–H groups in total. The fourth-order valence-corrected chi connectivity index (χ4v) is 1.94. The van der Waals surface area contributed by atoms with Crippen molar-refractivity contribution in [3.8, 4) is 0 Å². The second-order valence-electron chi connectivity index (χ2n) is 4.39. The Balaban J connectivity index is 2.81. The van der Waals surface area contributed by atoms with E-state index in [0.717, 1.165) is 24.4 Å². The Kier molecular flexibility index (Phi) is 5.94. The molecule has 6 nitrogen and oxygen atoms in total. The minimum absolute atomic E-state index is 0.0344. The van der Waals surface area contributed by atoms with Crippen LogP contribution in [-0.2, 0) is 18.2 Å².